The second-order valence-electron chi connectivity index (χ2n) is 6.38. The maximum absolute atomic E-state index is 12.3. The largest absolute Gasteiger partial charge is 0.493 e. The predicted molar refractivity (Wildman–Crippen MR) is 122 cm³/mol. The van der Waals surface area contributed by atoms with Gasteiger partial charge >= 0.3 is 5.97 Å². The third kappa shape index (κ3) is 5.66. The summed E-state index contributed by atoms with van der Waals surface area (Å²) in [6.45, 7) is -0.330. The molecule has 0 aliphatic rings. The highest BCUT2D eigenvalue weighted by Gasteiger charge is 2.14. The molecule has 168 valence electrons. The lowest BCUT2D eigenvalue weighted by Crippen LogP contribution is -2.16. The van der Waals surface area contributed by atoms with Crippen molar-refractivity contribution in [3.63, 3.8) is 0 Å². The van der Waals surface area contributed by atoms with Crippen LogP contribution in [0.1, 0.15) is 11.1 Å². The van der Waals surface area contributed by atoms with E-state index in [1.54, 1.807) is 36.4 Å². The first kappa shape index (κ1) is 23.3. The van der Waals surface area contributed by atoms with Crippen LogP contribution in [0, 0.1) is 11.3 Å². The molecule has 3 rings (SSSR count). The predicted octanol–water partition coefficient (Wildman–Crippen LogP) is 2.97. The van der Waals surface area contributed by atoms with Crippen LogP contribution in [0.3, 0.4) is 0 Å². The smallest absolute Gasteiger partial charge is 0.343 e. The van der Waals surface area contributed by atoms with Gasteiger partial charge < -0.3 is 14.2 Å². The number of H-pyrrole nitrogens is 1. The van der Waals surface area contributed by atoms with Crippen molar-refractivity contribution in [2.24, 2.45) is 5.10 Å². The van der Waals surface area contributed by atoms with E-state index in [2.05, 4.69) is 25.2 Å². The van der Waals surface area contributed by atoms with Crippen LogP contribution in [-0.2, 0) is 9.53 Å². The molecule has 0 atom stereocenters. The summed E-state index contributed by atoms with van der Waals surface area (Å²) >= 11 is 6.25. The number of nitriles is 1. The third-order valence-corrected chi connectivity index (χ3v) is 4.56. The molecule has 1 aromatic heterocycles. The highest BCUT2D eigenvalue weighted by atomic mass is 35.5. The van der Waals surface area contributed by atoms with Crippen molar-refractivity contribution in [3.05, 3.63) is 69.0 Å². The van der Waals surface area contributed by atoms with Crippen molar-refractivity contribution >= 4 is 29.7 Å². The number of aromatic nitrogens is 2. The van der Waals surface area contributed by atoms with E-state index in [1.807, 2.05) is 12.1 Å². The first-order valence-corrected chi connectivity index (χ1v) is 9.80. The minimum Gasteiger partial charge on any atom is -0.493 e. The molecule has 0 saturated carbocycles. The maximum atomic E-state index is 12.3. The summed E-state index contributed by atoms with van der Waals surface area (Å²) in [6, 6.07) is 13.9. The van der Waals surface area contributed by atoms with E-state index in [9.17, 15) is 14.9 Å². The number of nitrogens with one attached hydrogen (secondary N) is 2. The highest BCUT2D eigenvalue weighted by Crippen LogP contribution is 2.36. The number of anilines is 1. The molecule has 10 nitrogen and oxygen atoms in total. The quantitative estimate of drug-likeness (QED) is 0.293. The van der Waals surface area contributed by atoms with Crippen LogP contribution in [0.25, 0.3) is 11.3 Å². The fraction of sp³-hybridized carbons (Fsp3) is 0.136. The lowest BCUT2D eigenvalue weighted by atomic mass is 10.1. The minimum atomic E-state index is -0.596. The Morgan fingerprint density at radius 1 is 1.30 bits per heavy atom. The van der Waals surface area contributed by atoms with Crippen LogP contribution < -0.4 is 20.5 Å². The SMILES string of the molecule is COC(=O)COc1c(Cl)cc(C=NNc2nc(-c3ccccc3)c(C#N)c(=O)[nH]2)cc1OC. The Morgan fingerprint density at radius 2 is 2.06 bits per heavy atom. The number of methoxy groups -OCH3 is 2. The summed E-state index contributed by atoms with van der Waals surface area (Å²) in [6.07, 6.45) is 1.42. The molecule has 0 fully saturated rings. The number of ether oxygens (including phenoxy) is 3. The van der Waals surface area contributed by atoms with Crippen LogP contribution >= 0.6 is 11.6 Å². The molecule has 0 spiro atoms. The summed E-state index contributed by atoms with van der Waals surface area (Å²) in [7, 11) is 2.67. The van der Waals surface area contributed by atoms with E-state index in [4.69, 9.17) is 21.1 Å². The normalized spacial score (nSPS) is 10.5. The zero-order valence-electron chi connectivity index (χ0n) is 17.6. The van der Waals surface area contributed by atoms with Gasteiger partial charge in [0.25, 0.3) is 5.56 Å². The van der Waals surface area contributed by atoms with Gasteiger partial charge in [-0.25, -0.2) is 15.2 Å². The number of nitrogens with zero attached hydrogens (tertiary/aromatic N) is 3. The Hall–Kier alpha value is -4.36. The van der Waals surface area contributed by atoms with Gasteiger partial charge in [0.15, 0.2) is 18.1 Å². The number of halogens is 1. The standard InChI is InChI=1S/C22H18ClN5O5/c1-31-17-9-13(8-16(23)20(17)33-12-18(29)32-2)11-25-28-22-26-19(14-6-4-3-5-7-14)15(10-24)21(30)27-22/h3-9,11H,12H2,1-2H3,(H2,26,27,28,30). The van der Waals surface area contributed by atoms with Gasteiger partial charge in [-0.15, -0.1) is 0 Å². The van der Waals surface area contributed by atoms with Gasteiger partial charge in [0.2, 0.25) is 5.95 Å². The molecule has 3 aromatic rings. The zero-order valence-corrected chi connectivity index (χ0v) is 18.3. The van der Waals surface area contributed by atoms with Gasteiger partial charge in [-0.2, -0.15) is 10.4 Å². The number of benzene rings is 2. The number of carbonyl (C=O) groups is 1. The lowest BCUT2D eigenvalue weighted by molar-refractivity contribution is -0.142. The van der Waals surface area contributed by atoms with Crippen molar-refractivity contribution in [1.29, 1.82) is 5.26 Å². The molecule has 33 heavy (non-hydrogen) atoms. The van der Waals surface area contributed by atoms with Crippen LogP contribution in [-0.4, -0.2) is 43.0 Å². The van der Waals surface area contributed by atoms with Crippen LogP contribution in [0.5, 0.6) is 11.5 Å². The average molecular weight is 468 g/mol. The second-order valence-corrected chi connectivity index (χ2v) is 6.79. The van der Waals surface area contributed by atoms with E-state index < -0.39 is 11.5 Å². The third-order valence-electron chi connectivity index (χ3n) is 4.28. The molecule has 11 heteroatoms. The molecule has 0 aliphatic carbocycles. The Bertz CT molecular complexity index is 1280. The fourth-order valence-corrected chi connectivity index (χ4v) is 3.02. The topological polar surface area (TPSA) is 139 Å². The number of aromatic amines is 1. The number of hydrogen-bond donors (Lipinski definition) is 2. The summed E-state index contributed by atoms with van der Waals surface area (Å²) in [5.74, 6) is -0.0590. The first-order valence-electron chi connectivity index (χ1n) is 9.43. The van der Waals surface area contributed by atoms with Gasteiger partial charge in [-0.3, -0.25) is 9.78 Å². The van der Waals surface area contributed by atoms with E-state index in [0.29, 0.717) is 11.1 Å². The van der Waals surface area contributed by atoms with Crippen molar-refractivity contribution in [2.75, 3.05) is 26.3 Å². The molecule has 0 amide bonds. The summed E-state index contributed by atoms with van der Waals surface area (Å²) in [5, 5.41) is 13.6. The Kier molecular flexibility index (Phi) is 7.62. The van der Waals surface area contributed by atoms with E-state index in [-0.39, 0.29) is 40.3 Å². The molecule has 0 bridgehead atoms. The maximum Gasteiger partial charge on any atom is 0.343 e. The van der Waals surface area contributed by atoms with Crippen molar-refractivity contribution in [1.82, 2.24) is 9.97 Å². The molecule has 0 aliphatic heterocycles. The monoisotopic (exact) mass is 467 g/mol. The van der Waals surface area contributed by atoms with Gasteiger partial charge in [0, 0.05) is 5.56 Å². The summed E-state index contributed by atoms with van der Waals surface area (Å²) in [5.41, 5.74) is 3.32. The molecular weight excluding hydrogens is 450 g/mol. The number of hydrazone groups is 1. The summed E-state index contributed by atoms with van der Waals surface area (Å²) < 4.78 is 15.2. The van der Waals surface area contributed by atoms with Crippen molar-refractivity contribution < 1.29 is 19.0 Å². The number of carbonyl (C=O) groups excluding carboxylic acids is 1. The summed E-state index contributed by atoms with van der Waals surface area (Å²) in [4.78, 5) is 30.4. The van der Waals surface area contributed by atoms with Crippen LogP contribution in [0.15, 0.2) is 52.4 Å². The molecule has 0 saturated heterocycles. The first-order chi connectivity index (χ1) is 16.0. The zero-order chi connectivity index (χ0) is 23.8. The molecule has 0 radical (unpaired) electrons. The van der Waals surface area contributed by atoms with E-state index >= 15 is 0 Å². The van der Waals surface area contributed by atoms with Gasteiger partial charge in [0.1, 0.15) is 11.6 Å². The minimum absolute atomic E-state index is 0.0465. The fourth-order valence-electron chi connectivity index (χ4n) is 2.75. The lowest BCUT2D eigenvalue weighted by Gasteiger charge is -2.12. The molecular formula is C22H18ClN5O5. The number of rotatable bonds is 8. The molecule has 1 heterocycles. The molecule has 2 aromatic carbocycles. The Labute approximate surface area is 193 Å². The van der Waals surface area contributed by atoms with Crippen LogP contribution in [0.4, 0.5) is 5.95 Å². The Balaban J connectivity index is 1.83. The van der Waals surface area contributed by atoms with E-state index in [1.165, 1.54) is 20.4 Å². The molecule has 0 unspecified atom stereocenters. The van der Waals surface area contributed by atoms with Gasteiger partial charge in [-0.05, 0) is 17.7 Å². The van der Waals surface area contributed by atoms with Crippen molar-refractivity contribution in [3.8, 4) is 28.8 Å². The number of hydrogen-bond acceptors (Lipinski definition) is 9. The number of esters is 1. The van der Waals surface area contributed by atoms with E-state index in [0.717, 1.165) is 0 Å². The second kappa shape index (κ2) is 10.8. The van der Waals surface area contributed by atoms with Crippen molar-refractivity contribution in [2.45, 2.75) is 0 Å². The average Bonchev–Trinajstić information content (AvgIpc) is 2.83. The van der Waals surface area contributed by atoms with Gasteiger partial charge in [-0.1, -0.05) is 41.9 Å². The van der Waals surface area contributed by atoms with Crippen LogP contribution in [0.2, 0.25) is 5.02 Å². The van der Waals surface area contributed by atoms with Gasteiger partial charge in [0.05, 0.1) is 31.2 Å². The highest BCUT2D eigenvalue weighted by molar-refractivity contribution is 6.32. The molecule has 2 N–H and O–H groups in total. The Morgan fingerprint density at radius 3 is 2.73 bits per heavy atom.